The SMILES string of the molecule is O=C(O)c1cc([C@@H]2CCN2)cnc1Cl. The molecule has 0 spiro atoms. The molecule has 1 fully saturated rings. The van der Waals surface area contributed by atoms with E-state index in [1.54, 1.807) is 12.3 Å². The summed E-state index contributed by atoms with van der Waals surface area (Å²) >= 11 is 5.64. The topological polar surface area (TPSA) is 62.2 Å². The van der Waals surface area contributed by atoms with Crippen molar-refractivity contribution in [3.05, 3.63) is 28.5 Å². The zero-order chi connectivity index (χ0) is 10.1. The molecule has 1 atom stereocenters. The van der Waals surface area contributed by atoms with E-state index < -0.39 is 5.97 Å². The van der Waals surface area contributed by atoms with Crippen molar-refractivity contribution >= 4 is 17.6 Å². The molecule has 74 valence electrons. The number of aromatic carboxylic acids is 1. The first-order valence-electron chi connectivity index (χ1n) is 4.30. The quantitative estimate of drug-likeness (QED) is 0.729. The minimum Gasteiger partial charge on any atom is -0.478 e. The first-order chi connectivity index (χ1) is 6.68. The molecule has 14 heavy (non-hydrogen) atoms. The van der Waals surface area contributed by atoms with Crippen LogP contribution in [0.25, 0.3) is 0 Å². The Hall–Kier alpha value is -1.13. The summed E-state index contributed by atoms with van der Waals surface area (Å²) in [6.07, 6.45) is 2.63. The average Bonchev–Trinajstić information content (AvgIpc) is 2.04. The fraction of sp³-hybridized carbons (Fsp3) is 0.333. The van der Waals surface area contributed by atoms with Crippen LogP contribution in [0.5, 0.6) is 0 Å². The van der Waals surface area contributed by atoms with Crippen molar-refractivity contribution in [3.63, 3.8) is 0 Å². The summed E-state index contributed by atoms with van der Waals surface area (Å²) in [6, 6.07) is 1.81. The van der Waals surface area contributed by atoms with Crippen LogP contribution in [-0.2, 0) is 0 Å². The second-order valence-electron chi connectivity index (χ2n) is 3.21. The number of aromatic nitrogens is 1. The van der Waals surface area contributed by atoms with Gasteiger partial charge in [-0.25, -0.2) is 9.78 Å². The molecular weight excluding hydrogens is 204 g/mol. The number of hydrogen-bond donors (Lipinski definition) is 2. The molecule has 2 rings (SSSR count). The van der Waals surface area contributed by atoms with Gasteiger partial charge in [0.25, 0.3) is 0 Å². The van der Waals surface area contributed by atoms with Crippen LogP contribution in [0.4, 0.5) is 0 Å². The second-order valence-corrected chi connectivity index (χ2v) is 3.57. The Morgan fingerprint density at radius 1 is 1.71 bits per heavy atom. The first kappa shape index (κ1) is 9.43. The van der Waals surface area contributed by atoms with Crippen molar-refractivity contribution in [2.75, 3.05) is 6.54 Å². The third kappa shape index (κ3) is 1.58. The van der Waals surface area contributed by atoms with Crippen LogP contribution in [0.15, 0.2) is 12.3 Å². The van der Waals surface area contributed by atoms with Crippen molar-refractivity contribution in [2.24, 2.45) is 0 Å². The van der Waals surface area contributed by atoms with Crippen molar-refractivity contribution in [3.8, 4) is 0 Å². The lowest BCUT2D eigenvalue weighted by Crippen LogP contribution is -2.35. The van der Waals surface area contributed by atoms with E-state index in [1.807, 2.05) is 0 Å². The molecular formula is C9H9ClN2O2. The molecule has 0 amide bonds. The lowest BCUT2D eigenvalue weighted by Gasteiger charge is -2.27. The van der Waals surface area contributed by atoms with Gasteiger partial charge in [-0.2, -0.15) is 0 Å². The van der Waals surface area contributed by atoms with Crippen LogP contribution in [0.1, 0.15) is 28.4 Å². The predicted octanol–water partition coefficient (Wildman–Crippen LogP) is 1.47. The van der Waals surface area contributed by atoms with Crippen LogP contribution in [-0.4, -0.2) is 22.6 Å². The fourth-order valence-electron chi connectivity index (χ4n) is 1.38. The molecule has 0 aliphatic carbocycles. The minimum atomic E-state index is -1.04. The van der Waals surface area contributed by atoms with Crippen LogP contribution in [0.3, 0.4) is 0 Å². The fourth-order valence-corrected chi connectivity index (χ4v) is 1.56. The smallest absolute Gasteiger partial charge is 0.338 e. The van der Waals surface area contributed by atoms with Crippen LogP contribution >= 0.6 is 11.6 Å². The average molecular weight is 213 g/mol. The maximum absolute atomic E-state index is 10.8. The highest BCUT2D eigenvalue weighted by Crippen LogP contribution is 2.25. The van der Waals surface area contributed by atoms with Gasteiger partial charge >= 0.3 is 5.97 Å². The lowest BCUT2D eigenvalue weighted by atomic mass is 9.99. The van der Waals surface area contributed by atoms with E-state index in [4.69, 9.17) is 16.7 Å². The third-order valence-corrected chi connectivity index (χ3v) is 2.62. The van der Waals surface area contributed by atoms with Crippen LogP contribution < -0.4 is 5.32 Å². The molecule has 1 aromatic heterocycles. The monoisotopic (exact) mass is 212 g/mol. The summed E-state index contributed by atoms with van der Waals surface area (Å²) in [7, 11) is 0. The third-order valence-electron chi connectivity index (χ3n) is 2.32. The summed E-state index contributed by atoms with van der Waals surface area (Å²) in [6.45, 7) is 0.968. The van der Waals surface area contributed by atoms with Gasteiger partial charge in [0.15, 0.2) is 0 Å². The number of carboxylic acids is 1. The zero-order valence-corrected chi connectivity index (χ0v) is 8.08. The Labute approximate surface area is 85.9 Å². The number of carbonyl (C=O) groups is 1. The highest BCUT2D eigenvalue weighted by molar-refractivity contribution is 6.32. The molecule has 1 aliphatic rings. The van der Waals surface area contributed by atoms with Gasteiger partial charge in [-0.3, -0.25) is 0 Å². The number of pyridine rings is 1. The van der Waals surface area contributed by atoms with Gasteiger partial charge in [0.1, 0.15) is 5.15 Å². The van der Waals surface area contributed by atoms with Gasteiger partial charge < -0.3 is 10.4 Å². The first-order valence-corrected chi connectivity index (χ1v) is 4.68. The minimum absolute atomic E-state index is 0.0422. The summed E-state index contributed by atoms with van der Waals surface area (Å²) in [4.78, 5) is 14.6. The number of rotatable bonds is 2. The van der Waals surface area contributed by atoms with E-state index in [2.05, 4.69) is 10.3 Å². The van der Waals surface area contributed by atoms with Crippen molar-refractivity contribution in [1.82, 2.24) is 10.3 Å². The molecule has 0 unspecified atom stereocenters. The molecule has 4 nitrogen and oxygen atoms in total. The van der Waals surface area contributed by atoms with E-state index in [-0.39, 0.29) is 16.8 Å². The van der Waals surface area contributed by atoms with E-state index in [0.29, 0.717) is 0 Å². The number of nitrogens with zero attached hydrogens (tertiary/aromatic N) is 1. The van der Waals surface area contributed by atoms with E-state index in [1.165, 1.54) is 0 Å². The van der Waals surface area contributed by atoms with Gasteiger partial charge in [-0.15, -0.1) is 0 Å². The normalized spacial score (nSPS) is 20.2. The Bertz CT molecular complexity index is 377. The summed E-state index contributed by atoms with van der Waals surface area (Å²) in [5.74, 6) is -1.04. The maximum Gasteiger partial charge on any atom is 0.338 e. The Balaban J connectivity index is 2.34. The number of halogens is 1. The van der Waals surface area contributed by atoms with Crippen molar-refractivity contribution in [1.29, 1.82) is 0 Å². The zero-order valence-electron chi connectivity index (χ0n) is 7.33. The van der Waals surface area contributed by atoms with Gasteiger partial charge in [0.2, 0.25) is 0 Å². The molecule has 5 heteroatoms. The molecule has 0 radical (unpaired) electrons. The van der Waals surface area contributed by atoms with E-state index in [9.17, 15) is 4.79 Å². The molecule has 0 saturated carbocycles. The highest BCUT2D eigenvalue weighted by atomic mass is 35.5. The standard InChI is InChI=1S/C9H9ClN2O2/c10-8-6(9(13)14)3-5(4-12-8)7-1-2-11-7/h3-4,7,11H,1-2H2,(H,13,14)/t7-/m0/s1. The van der Waals surface area contributed by atoms with Gasteiger partial charge in [-0.05, 0) is 24.6 Å². The Kier molecular flexibility index (Phi) is 2.39. The van der Waals surface area contributed by atoms with Crippen molar-refractivity contribution < 1.29 is 9.90 Å². The largest absolute Gasteiger partial charge is 0.478 e. The van der Waals surface area contributed by atoms with Gasteiger partial charge in [-0.1, -0.05) is 11.6 Å². The summed E-state index contributed by atoms with van der Waals surface area (Å²) in [5, 5.41) is 12.0. The number of carboxylic acid groups (broad SMARTS) is 1. The van der Waals surface area contributed by atoms with Crippen LogP contribution in [0.2, 0.25) is 5.15 Å². The molecule has 1 aromatic rings. The molecule has 1 saturated heterocycles. The molecule has 2 heterocycles. The Morgan fingerprint density at radius 3 is 2.93 bits per heavy atom. The highest BCUT2D eigenvalue weighted by Gasteiger charge is 2.21. The summed E-state index contributed by atoms with van der Waals surface area (Å²) < 4.78 is 0. The predicted molar refractivity (Wildman–Crippen MR) is 51.6 cm³/mol. The van der Waals surface area contributed by atoms with Crippen LogP contribution in [0, 0.1) is 0 Å². The molecule has 0 bridgehead atoms. The molecule has 2 N–H and O–H groups in total. The van der Waals surface area contributed by atoms with Gasteiger partial charge in [0.05, 0.1) is 5.56 Å². The Morgan fingerprint density at radius 2 is 2.43 bits per heavy atom. The number of nitrogens with one attached hydrogen (secondary N) is 1. The second kappa shape index (κ2) is 3.55. The van der Waals surface area contributed by atoms with Crippen molar-refractivity contribution in [2.45, 2.75) is 12.5 Å². The van der Waals surface area contributed by atoms with Gasteiger partial charge in [0, 0.05) is 12.2 Å². The van der Waals surface area contributed by atoms with E-state index in [0.717, 1.165) is 18.5 Å². The summed E-state index contributed by atoms with van der Waals surface area (Å²) in [5.41, 5.74) is 0.955. The maximum atomic E-state index is 10.8. The van der Waals surface area contributed by atoms with E-state index >= 15 is 0 Å². The lowest BCUT2D eigenvalue weighted by molar-refractivity contribution is 0.0696. The molecule has 0 aromatic carbocycles. The number of hydrogen-bond acceptors (Lipinski definition) is 3. The molecule has 1 aliphatic heterocycles.